The van der Waals surface area contributed by atoms with Gasteiger partial charge in [0, 0.05) is 0 Å². The van der Waals surface area contributed by atoms with E-state index in [9.17, 15) is 5.11 Å². The molecule has 1 N–H and O–H groups in total. The molecular weight excluding hydrogens is 318 g/mol. The Morgan fingerprint density at radius 3 is 1.54 bits per heavy atom. The van der Waals surface area contributed by atoms with Gasteiger partial charge >= 0.3 is 0 Å². The normalized spacial score (nSPS) is 11.8. The minimum atomic E-state index is -0.913. The molecule has 142 valence electrons. The molecule has 2 aromatic carbocycles. The highest BCUT2D eigenvalue weighted by Gasteiger charge is 2.30. The van der Waals surface area contributed by atoms with Crippen LogP contribution >= 0.6 is 0 Å². The molecule has 0 bridgehead atoms. The Morgan fingerprint density at radius 2 is 1.12 bits per heavy atom. The number of benzene rings is 2. The molecule has 0 aliphatic carbocycles. The van der Waals surface area contributed by atoms with Crippen molar-refractivity contribution in [3.05, 3.63) is 71.8 Å². The van der Waals surface area contributed by atoms with Crippen molar-refractivity contribution >= 4 is 0 Å². The summed E-state index contributed by atoms with van der Waals surface area (Å²) in [6, 6.07) is 20.2. The lowest BCUT2D eigenvalue weighted by atomic mass is 9.82. The monoisotopic (exact) mass is 353 g/mol. The Hall–Kier alpha value is -1.64. The summed E-state index contributed by atoms with van der Waals surface area (Å²) in [6.45, 7) is 7.91. The lowest BCUT2D eigenvalue weighted by molar-refractivity contribution is 0.0646. The maximum Gasteiger partial charge on any atom is 0.115 e. The van der Waals surface area contributed by atoms with Crippen LogP contribution in [-0.4, -0.2) is 29.6 Å². The van der Waals surface area contributed by atoms with Crippen LogP contribution in [0.25, 0.3) is 0 Å². The van der Waals surface area contributed by atoms with Crippen LogP contribution in [0, 0.1) is 0 Å². The van der Waals surface area contributed by atoms with E-state index < -0.39 is 5.60 Å². The van der Waals surface area contributed by atoms with E-state index in [1.54, 1.807) is 0 Å². The van der Waals surface area contributed by atoms with Gasteiger partial charge in [0.25, 0.3) is 0 Å². The van der Waals surface area contributed by atoms with Gasteiger partial charge in [-0.1, -0.05) is 87.4 Å². The molecule has 2 heteroatoms. The fraction of sp³-hybridized carbons (Fsp3) is 0.500. The number of hydrogen-bond donors (Lipinski definition) is 1. The highest BCUT2D eigenvalue weighted by atomic mass is 16.3. The molecule has 0 spiro atoms. The largest absolute Gasteiger partial charge is 0.380 e. The number of rotatable bonds is 12. The van der Waals surface area contributed by atoms with Crippen molar-refractivity contribution in [2.24, 2.45) is 0 Å². The van der Waals surface area contributed by atoms with Crippen LogP contribution < -0.4 is 0 Å². The van der Waals surface area contributed by atoms with Crippen molar-refractivity contribution in [1.82, 2.24) is 4.90 Å². The average molecular weight is 354 g/mol. The molecule has 0 saturated heterocycles. The van der Waals surface area contributed by atoms with Crippen molar-refractivity contribution in [3.63, 3.8) is 0 Å². The molecular formula is C24H35NO. The summed E-state index contributed by atoms with van der Waals surface area (Å²) >= 11 is 0. The maximum absolute atomic E-state index is 11.6. The number of aliphatic hydroxyl groups is 1. The summed E-state index contributed by atoms with van der Waals surface area (Å²) < 4.78 is 0. The Balaban J connectivity index is 2.07. The predicted octanol–water partition coefficient (Wildman–Crippen LogP) is 5.60. The second-order valence-electron chi connectivity index (χ2n) is 7.24. The van der Waals surface area contributed by atoms with Gasteiger partial charge in [0.15, 0.2) is 0 Å². The summed E-state index contributed by atoms with van der Waals surface area (Å²) in [5.41, 5.74) is 1.06. The Kier molecular flexibility index (Phi) is 8.87. The van der Waals surface area contributed by atoms with Gasteiger partial charge in [-0.15, -0.1) is 0 Å². The fourth-order valence-electron chi connectivity index (χ4n) is 3.54. The van der Waals surface area contributed by atoms with Gasteiger partial charge in [0.2, 0.25) is 0 Å². The van der Waals surface area contributed by atoms with E-state index in [2.05, 4.69) is 18.7 Å². The summed E-state index contributed by atoms with van der Waals surface area (Å²) in [5, 5.41) is 11.6. The minimum Gasteiger partial charge on any atom is -0.380 e. The van der Waals surface area contributed by atoms with Crippen LogP contribution in [0.5, 0.6) is 0 Å². The van der Waals surface area contributed by atoms with Crippen LogP contribution in [-0.2, 0) is 5.60 Å². The Bertz CT molecular complexity index is 549. The predicted molar refractivity (Wildman–Crippen MR) is 111 cm³/mol. The van der Waals surface area contributed by atoms with E-state index in [-0.39, 0.29) is 0 Å². The summed E-state index contributed by atoms with van der Waals surface area (Å²) in [5.74, 6) is 0. The van der Waals surface area contributed by atoms with Crippen LogP contribution in [0.2, 0.25) is 0 Å². The third kappa shape index (κ3) is 5.96. The van der Waals surface area contributed by atoms with Crippen LogP contribution in [0.15, 0.2) is 60.7 Å². The third-order valence-electron chi connectivity index (χ3n) is 5.17. The van der Waals surface area contributed by atoms with E-state index in [0.717, 1.165) is 30.5 Å². The highest BCUT2D eigenvalue weighted by molar-refractivity contribution is 5.35. The van der Waals surface area contributed by atoms with Crippen LogP contribution in [0.4, 0.5) is 0 Å². The molecule has 26 heavy (non-hydrogen) atoms. The van der Waals surface area contributed by atoms with Crippen molar-refractivity contribution < 1.29 is 5.11 Å². The van der Waals surface area contributed by atoms with Crippen LogP contribution in [0.1, 0.15) is 63.5 Å². The zero-order chi connectivity index (χ0) is 18.7. The van der Waals surface area contributed by atoms with E-state index in [1.807, 2.05) is 60.7 Å². The standard InChI is InChI=1S/C24H35NO/c1-3-5-19-25(20-6-4-2)21-13-18-24(26,22-14-9-7-10-15-22)23-16-11-8-12-17-23/h7-12,14-17,26H,3-6,13,18-21H2,1-2H3. The van der Waals surface area contributed by atoms with E-state index in [0.29, 0.717) is 0 Å². The van der Waals surface area contributed by atoms with Gasteiger partial charge in [0.05, 0.1) is 0 Å². The second kappa shape index (κ2) is 11.2. The molecule has 0 fully saturated rings. The highest BCUT2D eigenvalue weighted by Crippen LogP contribution is 2.34. The lowest BCUT2D eigenvalue weighted by Crippen LogP contribution is -2.31. The first-order valence-corrected chi connectivity index (χ1v) is 10.3. The number of hydrogen-bond acceptors (Lipinski definition) is 2. The van der Waals surface area contributed by atoms with E-state index >= 15 is 0 Å². The topological polar surface area (TPSA) is 23.5 Å². The first kappa shape index (κ1) is 20.7. The van der Waals surface area contributed by atoms with Crippen molar-refractivity contribution in [1.29, 1.82) is 0 Å². The Labute approximate surface area is 159 Å². The number of unbranched alkanes of at least 4 members (excludes halogenated alkanes) is 2. The van der Waals surface area contributed by atoms with Crippen molar-refractivity contribution in [2.75, 3.05) is 19.6 Å². The average Bonchev–Trinajstić information content (AvgIpc) is 2.70. The van der Waals surface area contributed by atoms with Gasteiger partial charge in [-0.25, -0.2) is 0 Å². The van der Waals surface area contributed by atoms with Gasteiger partial charge in [-0.05, 0) is 56.4 Å². The minimum absolute atomic E-state index is 0.746. The molecule has 0 aromatic heterocycles. The maximum atomic E-state index is 11.6. The number of nitrogens with zero attached hydrogens (tertiary/aromatic N) is 1. The summed E-state index contributed by atoms with van der Waals surface area (Å²) in [6.07, 6.45) is 6.72. The smallest absolute Gasteiger partial charge is 0.115 e. The second-order valence-corrected chi connectivity index (χ2v) is 7.24. The molecule has 0 unspecified atom stereocenters. The molecule has 0 amide bonds. The molecule has 2 rings (SSSR count). The molecule has 2 aromatic rings. The molecule has 0 radical (unpaired) electrons. The Morgan fingerprint density at radius 1 is 0.692 bits per heavy atom. The van der Waals surface area contributed by atoms with Gasteiger partial charge in [0.1, 0.15) is 5.60 Å². The molecule has 2 nitrogen and oxygen atoms in total. The van der Waals surface area contributed by atoms with Gasteiger partial charge < -0.3 is 10.0 Å². The quantitative estimate of drug-likeness (QED) is 0.536. The van der Waals surface area contributed by atoms with Crippen molar-refractivity contribution in [2.45, 2.75) is 58.0 Å². The molecule has 0 atom stereocenters. The van der Waals surface area contributed by atoms with E-state index in [1.165, 1.54) is 38.8 Å². The zero-order valence-electron chi connectivity index (χ0n) is 16.5. The molecule has 0 heterocycles. The third-order valence-corrected chi connectivity index (χ3v) is 5.17. The van der Waals surface area contributed by atoms with Gasteiger partial charge in [-0.2, -0.15) is 0 Å². The first-order chi connectivity index (χ1) is 12.7. The zero-order valence-corrected chi connectivity index (χ0v) is 16.5. The van der Waals surface area contributed by atoms with Gasteiger partial charge in [-0.3, -0.25) is 0 Å². The van der Waals surface area contributed by atoms with Crippen molar-refractivity contribution in [3.8, 4) is 0 Å². The SMILES string of the molecule is CCCCN(CCCC)CCCC(O)(c1ccccc1)c1ccccc1. The lowest BCUT2D eigenvalue weighted by Gasteiger charge is -2.31. The fourth-order valence-corrected chi connectivity index (χ4v) is 3.54. The molecule has 0 aliphatic heterocycles. The summed E-state index contributed by atoms with van der Waals surface area (Å²) in [4.78, 5) is 2.57. The van der Waals surface area contributed by atoms with Crippen LogP contribution in [0.3, 0.4) is 0 Å². The molecule has 0 aliphatic rings. The molecule has 0 saturated carbocycles. The summed E-state index contributed by atoms with van der Waals surface area (Å²) in [7, 11) is 0. The van der Waals surface area contributed by atoms with E-state index in [4.69, 9.17) is 0 Å². The first-order valence-electron chi connectivity index (χ1n) is 10.3.